The van der Waals surface area contributed by atoms with Gasteiger partial charge in [-0.1, -0.05) is 76.6 Å². The second-order valence-electron chi connectivity index (χ2n) is 8.29. The van der Waals surface area contributed by atoms with Crippen LogP contribution in [0.5, 0.6) is 5.75 Å². The topological polar surface area (TPSA) is 18.5 Å². The SMILES string of the molecule is CO/C(C)=C/C=C(/Br)C1=CC2(c3ccccc31)c1ccccc1-c1c(C)ccc(OC)c12. The van der Waals surface area contributed by atoms with Gasteiger partial charge in [-0.05, 0) is 71.0 Å². The van der Waals surface area contributed by atoms with Gasteiger partial charge < -0.3 is 9.47 Å². The van der Waals surface area contributed by atoms with Gasteiger partial charge in [-0.3, -0.25) is 0 Å². The second kappa shape index (κ2) is 7.83. The molecule has 3 aromatic carbocycles. The summed E-state index contributed by atoms with van der Waals surface area (Å²) in [5, 5.41) is 0. The van der Waals surface area contributed by atoms with Crippen LogP contribution in [0.15, 0.2) is 89.1 Å². The van der Waals surface area contributed by atoms with Crippen LogP contribution in [0.25, 0.3) is 16.7 Å². The molecule has 0 aromatic heterocycles. The van der Waals surface area contributed by atoms with Crippen LogP contribution in [0.3, 0.4) is 0 Å². The first-order valence-electron chi connectivity index (χ1n) is 10.7. The fourth-order valence-electron chi connectivity index (χ4n) is 5.19. The minimum absolute atomic E-state index is 0.401. The summed E-state index contributed by atoms with van der Waals surface area (Å²) in [6.45, 7) is 4.14. The van der Waals surface area contributed by atoms with Gasteiger partial charge in [-0.25, -0.2) is 0 Å². The number of methoxy groups -OCH3 is 2. The zero-order valence-electron chi connectivity index (χ0n) is 18.7. The van der Waals surface area contributed by atoms with Crippen molar-refractivity contribution >= 4 is 21.5 Å². The van der Waals surface area contributed by atoms with Crippen molar-refractivity contribution in [1.82, 2.24) is 0 Å². The van der Waals surface area contributed by atoms with Crippen LogP contribution in [-0.2, 0) is 10.2 Å². The summed E-state index contributed by atoms with van der Waals surface area (Å²) in [5.74, 6) is 1.78. The molecule has 1 atom stereocenters. The molecule has 0 heterocycles. The zero-order valence-corrected chi connectivity index (χ0v) is 20.3. The highest BCUT2D eigenvalue weighted by molar-refractivity contribution is 9.12. The van der Waals surface area contributed by atoms with Crippen molar-refractivity contribution in [2.75, 3.05) is 14.2 Å². The molecule has 0 amide bonds. The van der Waals surface area contributed by atoms with Gasteiger partial charge in [0.25, 0.3) is 0 Å². The van der Waals surface area contributed by atoms with E-state index in [2.05, 4.69) is 95.7 Å². The van der Waals surface area contributed by atoms with Crippen molar-refractivity contribution in [3.63, 3.8) is 0 Å². The third kappa shape index (κ3) is 2.84. The number of fused-ring (bicyclic) bond motifs is 7. The molecule has 160 valence electrons. The first kappa shape index (κ1) is 20.8. The van der Waals surface area contributed by atoms with E-state index in [1.165, 1.54) is 44.5 Å². The van der Waals surface area contributed by atoms with Crippen LogP contribution in [0.1, 0.15) is 34.7 Å². The van der Waals surface area contributed by atoms with E-state index >= 15 is 0 Å². The molecule has 32 heavy (non-hydrogen) atoms. The fourth-order valence-corrected chi connectivity index (χ4v) is 5.65. The molecule has 2 aliphatic rings. The molecular formula is C29H25BrO2. The van der Waals surface area contributed by atoms with Gasteiger partial charge in [-0.15, -0.1) is 0 Å². The third-order valence-corrected chi connectivity index (χ3v) is 7.35. The van der Waals surface area contributed by atoms with E-state index < -0.39 is 5.41 Å². The van der Waals surface area contributed by atoms with Crippen molar-refractivity contribution in [1.29, 1.82) is 0 Å². The zero-order chi connectivity index (χ0) is 22.5. The lowest BCUT2D eigenvalue weighted by molar-refractivity contribution is 0.294. The van der Waals surface area contributed by atoms with Crippen molar-refractivity contribution in [3.8, 4) is 16.9 Å². The predicted molar refractivity (Wildman–Crippen MR) is 135 cm³/mol. The summed E-state index contributed by atoms with van der Waals surface area (Å²) in [6.07, 6.45) is 6.45. The standard InChI is InChI=1S/C29H25BrO2/c1-18-13-16-26(32-4)28-27(18)21-10-6-8-12-24(21)29(28)17-22(20-9-5-7-11-23(20)29)25(30)15-14-19(2)31-3/h5-17H,1-4H3/b19-14+,25-15+. The molecule has 0 radical (unpaired) electrons. The molecule has 0 N–H and O–H groups in total. The van der Waals surface area contributed by atoms with Crippen LogP contribution in [0.2, 0.25) is 0 Å². The third-order valence-electron chi connectivity index (χ3n) is 6.66. The normalized spacial score (nSPS) is 18.8. The first-order chi connectivity index (χ1) is 15.5. The average Bonchev–Trinajstić information content (AvgIpc) is 3.33. The van der Waals surface area contributed by atoms with Crippen LogP contribution in [0, 0.1) is 6.92 Å². The van der Waals surface area contributed by atoms with E-state index in [9.17, 15) is 0 Å². The Kier molecular flexibility index (Phi) is 5.10. The van der Waals surface area contributed by atoms with Gasteiger partial charge in [-0.2, -0.15) is 0 Å². The Morgan fingerprint density at radius 1 is 0.875 bits per heavy atom. The van der Waals surface area contributed by atoms with E-state index in [1.54, 1.807) is 14.2 Å². The number of aryl methyl sites for hydroxylation is 1. The summed E-state index contributed by atoms with van der Waals surface area (Å²) < 4.78 is 12.3. The maximum atomic E-state index is 5.95. The molecule has 5 rings (SSSR count). The van der Waals surface area contributed by atoms with E-state index in [4.69, 9.17) is 9.47 Å². The van der Waals surface area contributed by atoms with Gasteiger partial charge in [0.15, 0.2) is 0 Å². The Balaban J connectivity index is 1.88. The van der Waals surface area contributed by atoms with Crippen LogP contribution < -0.4 is 4.74 Å². The molecule has 3 aromatic rings. The van der Waals surface area contributed by atoms with Crippen LogP contribution in [0.4, 0.5) is 0 Å². The van der Waals surface area contributed by atoms with Crippen molar-refractivity contribution in [2.24, 2.45) is 0 Å². The largest absolute Gasteiger partial charge is 0.501 e. The van der Waals surface area contributed by atoms with Gasteiger partial charge in [0.2, 0.25) is 0 Å². The van der Waals surface area contributed by atoms with Gasteiger partial charge in [0.1, 0.15) is 5.75 Å². The Labute approximate surface area is 198 Å². The minimum atomic E-state index is -0.401. The predicted octanol–water partition coefficient (Wildman–Crippen LogP) is 7.54. The van der Waals surface area contributed by atoms with Gasteiger partial charge in [0.05, 0.1) is 25.4 Å². The summed E-state index contributed by atoms with van der Waals surface area (Å²) in [4.78, 5) is 0. The number of hydrogen-bond donors (Lipinski definition) is 0. The fraction of sp³-hybridized carbons (Fsp3) is 0.172. The molecule has 1 unspecified atom stereocenters. The molecule has 2 aliphatic carbocycles. The summed E-state index contributed by atoms with van der Waals surface area (Å²) in [6, 6.07) is 21.7. The van der Waals surface area contributed by atoms with E-state index in [0.29, 0.717) is 0 Å². The highest BCUT2D eigenvalue weighted by atomic mass is 79.9. The highest BCUT2D eigenvalue weighted by Crippen LogP contribution is 2.62. The van der Waals surface area contributed by atoms with Crippen molar-refractivity contribution in [3.05, 3.63) is 117 Å². The molecule has 3 heteroatoms. The van der Waals surface area contributed by atoms with E-state index in [-0.39, 0.29) is 0 Å². The Morgan fingerprint density at radius 3 is 2.22 bits per heavy atom. The van der Waals surface area contributed by atoms with Crippen LogP contribution >= 0.6 is 15.9 Å². The molecular weight excluding hydrogens is 460 g/mol. The number of rotatable bonds is 4. The minimum Gasteiger partial charge on any atom is -0.501 e. The maximum Gasteiger partial charge on any atom is 0.124 e. The monoisotopic (exact) mass is 484 g/mol. The molecule has 0 saturated carbocycles. The summed E-state index contributed by atoms with van der Waals surface area (Å²) in [7, 11) is 3.45. The lowest BCUT2D eigenvalue weighted by Gasteiger charge is -2.28. The quantitative estimate of drug-likeness (QED) is 0.281. The maximum absolute atomic E-state index is 5.95. The second-order valence-corrected chi connectivity index (χ2v) is 9.14. The molecule has 0 saturated heterocycles. The number of allylic oxidation sites excluding steroid dienone is 6. The van der Waals surface area contributed by atoms with E-state index in [1.807, 2.05) is 13.0 Å². The number of benzene rings is 3. The Bertz CT molecular complexity index is 1330. The molecule has 0 aliphatic heterocycles. The molecule has 0 fully saturated rings. The summed E-state index contributed by atoms with van der Waals surface area (Å²) >= 11 is 3.85. The average molecular weight is 485 g/mol. The van der Waals surface area contributed by atoms with Crippen LogP contribution in [-0.4, -0.2) is 14.2 Å². The number of ether oxygens (including phenoxy) is 2. The van der Waals surface area contributed by atoms with Gasteiger partial charge >= 0.3 is 0 Å². The Morgan fingerprint density at radius 2 is 1.53 bits per heavy atom. The highest BCUT2D eigenvalue weighted by Gasteiger charge is 2.50. The number of hydrogen-bond acceptors (Lipinski definition) is 2. The molecule has 0 bridgehead atoms. The number of halogens is 1. The Hall–Kier alpha value is -3.04. The lowest BCUT2D eigenvalue weighted by Crippen LogP contribution is -2.23. The van der Waals surface area contributed by atoms with Crippen molar-refractivity contribution < 1.29 is 9.47 Å². The van der Waals surface area contributed by atoms with Crippen molar-refractivity contribution in [2.45, 2.75) is 19.3 Å². The smallest absolute Gasteiger partial charge is 0.124 e. The molecule has 1 spiro atoms. The van der Waals surface area contributed by atoms with Gasteiger partial charge in [0, 0.05) is 10.0 Å². The lowest BCUT2D eigenvalue weighted by atomic mass is 9.74. The first-order valence-corrected chi connectivity index (χ1v) is 11.5. The summed E-state index contributed by atoms with van der Waals surface area (Å²) in [5.41, 5.74) is 9.63. The van der Waals surface area contributed by atoms with E-state index in [0.717, 1.165) is 16.0 Å². The molecule has 2 nitrogen and oxygen atoms in total.